The standard InChI is InChI=1S/C25H31N5O3/c1-5-22-24(27(3)16-19-6-9-21(33-4)10-7-19)30-17-20(8-11-23(30)26-22)25(32)29-14-12-28(13-15-29)18(2)31/h6-11,17H,5,12-16H2,1-4H3. The number of carbonyl (C=O) groups is 2. The van der Waals surface area contributed by atoms with Crippen molar-refractivity contribution in [3.05, 3.63) is 59.4 Å². The number of pyridine rings is 1. The molecule has 0 bridgehead atoms. The molecule has 1 aliphatic rings. The van der Waals surface area contributed by atoms with Crippen LogP contribution in [0.3, 0.4) is 0 Å². The molecule has 0 unspecified atom stereocenters. The number of rotatable bonds is 6. The molecule has 0 N–H and O–H groups in total. The molecule has 8 heteroatoms. The maximum Gasteiger partial charge on any atom is 0.255 e. The number of amides is 2. The molecule has 0 radical (unpaired) electrons. The van der Waals surface area contributed by atoms with E-state index in [0.717, 1.165) is 34.9 Å². The highest BCUT2D eigenvalue weighted by atomic mass is 16.5. The second kappa shape index (κ2) is 9.52. The summed E-state index contributed by atoms with van der Waals surface area (Å²) >= 11 is 0. The summed E-state index contributed by atoms with van der Waals surface area (Å²) in [5, 5.41) is 0. The van der Waals surface area contributed by atoms with E-state index in [1.165, 1.54) is 0 Å². The molecule has 2 amide bonds. The Labute approximate surface area is 194 Å². The Hall–Kier alpha value is -3.55. The zero-order valence-electron chi connectivity index (χ0n) is 19.7. The molecular weight excluding hydrogens is 418 g/mol. The van der Waals surface area contributed by atoms with Crippen LogP contribution in [0.5, 0.6) is 5.75 Å². The summed E-state index contributed by atoms with van der Waals surface area (Å²) in [4.78, 5) is 35.3. The van der Waals surface area contributed by atoms with E-state index in [9.17, 15) is 9.59 Å². The number of imidazole rings is 1. The summed E-state index contributed by atoms with van der Waals surface area (Å²) in [5.41, 5.74) is 3.59. The Morgan fingerprint density at radius 3 is 2.30 bits per heavy atom. The molecule has 33 heavy (non-hydrogen) atoms. The number of hydrogen-bond acceptors (Lipinski definition) is 5. The van der Waals surface area contributed by atoms with Gasteiger partial charge in [-0.05, 0) is 36.2 Å². The van der Waals surface area contributed by atoms with Gasteiger partial charge in [0.15, 0.2) is 0 Å². The third kappa shape index (κ3) is 4.65. The number of benzene rings is 1. The van der Waals surface area contributed by atoms with Crippen LogP contribution in [0.1, 0.15) is 35.5 Å². The van der Waals surface area contributed by atoms with Gasteiger partial charge in [-0.25, -0.2) is 4.98 Å². The second-order valence-corrected chi connectivity index (χ2v) is 8.38. The van der Waals surface area contributed by atoms with E-state index in [1.54, 1.807) is 18.9 Å². The van der Waals surface area contributed by atoms with Gasteiger partial charge < -0.3 is 19.4 Å². The van der Waals surface area contributed by atoms with E-state index in [1.807, 2.05) is 46.8 Å². The molecule has 2 aromatic heterocycles. The Morgan fingerprint density at radius 2 is 1.70 bits per heavy atom. The fourth-order valence-corrected chi connectivity index (χ4v) is 4.34. The maximum atomic E-state index is 13.2. The molecule has 0 aliphatic carbocycles. The number of piperazine rings is 1. The smallest absolute Gasteiger partial charge is 0.255 e. The lowest BCUT2D eigenvalue weighted by Gasteiger charge is -2.34. The van der Waals surface area contributed by atoms with E-state index in [-0.39, 0.29) is 11.8 Å². The Morgan fingerprint density at radius 1 is 1.03 bits per heavy atom. The van der Waals surface area contributed by atoms with E-state index in [4.69, 9.17) is 9.72 Å². The minimum Gasteiger partial charge on any atom is -0.497 e. The summed E-state index contributed by atoms with van der Waals surface area (Å²) in [6.07, 6.45) is 2.68. The molecule has 1 fully saturated rings. The Balaban J connectivity index is 1.59. The highest BCUT2D eigenvalue weighted by Gasteiger charge is 2.24. The lowest BCUT2D eigenvalue weighted by molar-refractivity contribution is -0.130. The van der Waals surface area contributed by atoms with Crippen molar-refractivity contribution in [3.63, 3.8) is 0 Å². The first-order valence-electron chi connectivity index (χ1n) is 11.3. The number of nitrogens with zero attached hydrogens (tertiary/aromatic N) is 5. The van der Waals surface area contributed by atoms with Crippen molar-refractivity contribution >= 4 is 23.3 Å². The van der Waals surface area contributed by atoms with E-state index in [2.05, 4.69) is 24.0 Å². The van der Waals surface area contributed by atoms with Gasteiger partial charge in [-0.15, -0.1) is 0 Å². The maximum absolute atomic E-state index is 13.2. The number of carbonyl (C=O) groups excluding carboxylic acids is 2. The number of aryl methyl sites for hydroxylation is 1. The SMILES string of the molecule is CCc1nc2ccc(C(=O)N3CCN(C(C)=O)CC3)cn2c1N(C)Cc1ccc(OC)cc1. The van der Waals surface area contributed by atoms with Crippen LogP contribution in [0.15, 0.2) is 42.6 Å². The minimum absolute atomic E-state index is 0.0180. The van der Waals surface area contributed by atoms with Gasteiger partial charge >= 0.3 is 0 Å². The van der Waals surface area contributed by atoms with Gasteiger partial charge in [-0.2, -0.15) is 0 Å². The average Bonchev–Trinajstić information content (AvgIpc) is 3.22. The predicted octanol–water partition coefficient (Wildman–Crippen LogP) is 2.85. The first-order valence-corrected chi connectivity index (χ1v) is 11.3. The summed E-state index contributed by atoms with van der Waals surface area (Å²) in [5.74, 6) is 1.85. The number of hydrogen-bond donors (Lipinski definition) is 0. The van der Waals surface area contributed by atoms with Crippen molar-refractivity contribution < 1.29 is 14.3 Å². The molecule has 1 aromatic carbocycles. The first kappa shape index (κ1) is 22.6. The van der Waals surface area contributed by atoms with E-state index >= 15 is 0 Å². The normalized spacial score (nSPS) is 13.9. The average molecular weight is 450 g/mol. The van der Waals surface area contributed by atoms with Crippen LogP contribution in [-0.2, 0) is 17.8 Å². The summed E-state index contributed by atoms with van der Waals surface area (Å²) < 4.78 is 7.28. The van der Waals surface area contributed by atoms with Crippen molar-refractivity contribution in [1.82, 2.24) is 19.2 Å². The largest absolute Gasteiger partial charge is 0.497 e. The van der Waals surface area contributed by atoms with Crippen LogP contribution >= 0.6 is 0 Å². The number of methoxy groups -OCH3 is 1. The van der Waals surface area contributed by atoms with Gasteiger partial charge in [-0.1, -0.05) is 19.1 Å². The van der Waals surface area contributed by atoms with E-state index < -0.39 is 0 Å². The van der Waals surface area contributed by atoms with Crippen molar-refractivity contribution in [2.24, 2.45) is 0 Å². The van der Waals surface area contributed by atoms with Gasteiger partial charge in [0.05, 0.1) is 18.4 Å². The molecule has 4 rings (SSSR count). The quantitative estimate of drug-likeness (QED) is 0.579. The van der Waals surface area contributed by atoms with Crippen LogP contribution in [0.2, 0.25) is 0 Å². The number of anilines is 1. The van der Waals surface area contributed by atoms with Gasteiger partial charge in [0.2, 0.25) is 5.91 Å². The number of ether oxygens (including phenoxy) is 1. The minimum atomic E-state index is -0.0180. The molecule has 0 saturated carbocycles. The molecule has 3 heterocycles. The van der Waals surface area contributed by atoms with Gasteiger partial charge in [0.1, 0.15) is 17.2 Å². The van der Waals surface area contributed by atoms with Gasteiger partial charge in [0, 0.05) is 52.9 Å². The highest BCUT2D eigenvalue weighted by molar-refractivity contribution is 5.94. The molecule has 1 saturated heterocycles. The summed E-state index contributed by atoms with van der Waals surface area (Å²) in [7, 11) is 3.71. The fourth-order valence-electron chi connectivity index (χ4n) is 4.34. The van der Waals surface area contributed by atoms with Crippen LogP contribution in [0.25, 0.3) is 5.65 Å². The summed E-state index contributed by atoms with van der Waals surface area (Å²) in [6, 6.07) is 11.8. The zero-order valence-corrected chi connectivity index (χ0v) is 19.7. The third-order valence-corrected chi connectivity index (χ3v) is 6.20. The van der Waals surface area contributed by atoms with E-state index in [0.29, 0.717) is 38.3 Å². The number of aromatic nitrogens is 2. The molecule has 3 aromatic rings. The van der Waals surface area contributed by atoms with Crippen molar-refractivity contribution in [3.8, 4) is 5.75 Å². The van der Waals surface area contributed by atoms with Crippen LogP contribution in [-0.4, -0.2) is 71.3 Å². The fraction of sp³-hybridized carbons (Fsp3) is 0.400. The first-order chi connectivity index (χ1) is 15.9. The summed E-state index contributed by atoms with van der Waals surface area (Å²) in [6.45, 7) is 6.60. The van der Waals surface area contributed by atoms with Crippen molar-refractivity contribution in [1.29, 1.82) is 0 Å². The molecule has 8 nitrogen and oxygen atoms in total. The predicted molar refractivity (Wildman–Crippen MR) is 128 cm³/mol. The Kier molecular flexibility index (Phi) is 6.53. The van der Waals surface area contributed by atoms with Crippen LogP contribution in [0, 0.1) is 0 Å². The lowest BCUT2D eigenvalue weighted by Crippen LogP contribution is -2.50. The third-order valence-electron chi connectivity index (χ3n) is 6.20. The van der Waals surface area contributed by atoms with Crippen LogP contribution in [0.4, 0.5) is 5.82 Å². The topological polar surface area (TPSA) is 70.4 Å². The molecule has 174 valence electrons. The number of fused-ring (bicyclic) bond motifs is 1. The zero-order chi connectivity index (χ0) is 23.5. The monoisotopic (exact) mass is 449 g/mol. The molecule has 0 atom stereocenters. The van der Waals surface area contributed by atoms with Gasteiger partial charge in [0.25, 0.3) is 5.91 Å². The second-order valence-electron chi connectivity index (χ2n) is 8.38. The van der Waals surface area contributed by atoms with Gasteiger partial charge in [-0.3, -0.25) is 14.0 Å². The molecule has 1 aliphatic heterocycles. The van der Waals surface area contributed by atoms with Crippen LogP contribution < -0.4 is 9.64 Å². The van der Waals surface area contributed by atoms with Crippen molar-refractivity contribution in [2.75, 3.05) is 45.2 Å². The lowest BCUT2D eigenvalue weighted by atomic mass is 10.2. The Bertz CT molecular complexity index is 1150. The molecular formula is C25H31N5O3. The highest BCUT2D eigenvalue weighted by Crippen LogP contribution is 2.25. The molecule has 0 spiro atoms. The van der Waals surface area contributed by atoms with Crippen molar-refractivity contribution in [2.45, 2.75) is 26.8 Å².